The van der Waals surface area contributed by atoms with Crippen LogP contribution in [0, 0.1) is 0 Å². The second kappa shape index (κ2) is 7.36. The lowest BCUT2D eigenvalue weighted by Crippen LogP contribution is -2.27. The van der Waals surface area contributed by atoms with E-state index in [2.05, 4.69) is 16.7 Å². The van der Waals surface area contributed by atoms with Crippen LogP contribution in [0.5, 0.6) is 0 Å². The molecule has 5 heteroatoms. The van der Waals surface area contributed by atoms with Gasteiger partial charge in [0.1, 0.15) is 0 Å². The van der Waals surface area contributed by atoms with Crippen LogP contribution in [0.25, 0.3) is 0 Å². The summed E-state index contributed by atoms with van der Waals surface area (Å²) in [5.74, 6) is -0.955. The van der Waals surface area contributed by atoms with Crippen LogP contribution in [0.4, 0.5) is 5.69 Å². The fraction of sp³-hybridized carbons (Fsp3) is 0.500. The van der Waals surface area contributed by atoms with Gasteiger partial charge < -0.3 is 14.9 Å². The molecule has 0 aliphatic carbocycles. The Labute approximate surface area is 119 Å². The molecule has 0 fully saturated rings. The van der Waals surface area contributed by atoms with E-state index in [4.69, 9.17) is 16.7 Å². The number of aromatic carboxylic acids is 1. The van der Waals surface area contributed by atoms with Crippen LogP contribution in [0.15, 0.2) is 18.2 Å². The summed E-state index contributed by atoms with van der Waals surface area (Å²) in [5, 5.41) is 9.41. The van der Waals surface area contributed by atoms with Gasteiger partial charge in [-0.3, -0.25) is 0 Å². The predicted octanol–water partition coefficient (Wildman–Crippen LogP) is 2.82. The maximum atomic E-state index is 10.9. The second-order valence-electron chi connectivity index (χ2n) is 4.71. The molecule has 1 N–H and O–H groups in total. The van der Waals surface area contributed by atoms with Gasteiger partial charge in [-0.05, 0) is 52.2 Å². The van der Waals surface area contributed by atoms with Crippen molar-refractivity contribution in [2.75, 3.05) is 38.6 Å². The first kappa shape index (κ1) is 15.8. The average Bonchev–Trinajstić information content (AvgIpc) is 2.34. The minimum Gasteiger partial charge on any atom is -0.478 e. The van der Waals surface area contributed by atoms with Gasteiger partial charge in [0.05, 0.1) is 16.3 Å². The molecule has 0 aliphatic heterocycles. The van der Waals surface area contributed by atoms with E-state index in [-0.39, 0.29) is 5.56 Å². The Kier molecular flexibility index (Phi) is 6.12. The number of carbonyl (C=O) groups is 1. The third-order valence-corrected chi connectivity index (χ3v) is 3.25. The Morgan fingerprint density at radius 1 is 1.32 bits per heavy atom. The number of rotatable bonds is 7. The Hall–Kier alpha value is -1.26. The van der Waals surface area contributed by atoms with Gasteiger partial charge in [-0.15, -0.1) is 0 Å². The largest absolute Gasteiger partial charge is 0.478 e. The highest BCUT2D eigenvalue weighted by atomic mass is 35.5. The van der Waals surface area contributed by atoms with Crippen molar-refractivity contribution in [2.24, 2.45) is 0 Å². The summed E-state index contributed by atoms with van der Waals surface area (Å²) in [6.07, 6.45) is 1.04. The van der Waals surface area contributed by atoms with Gasteiger partial charge in [0.2, 0.25) is 0 Å². The summed E-state index contributed by atoms with van der Waals surface area (Å²) in [4.78, 5) is 15.2. The molecule has 1 rings (SSSR count). The maximum Gasteiger partial charge on any atom is 0.335 e. The van der Waals surface area contributed by atoms with Gasteiger partial charge in [0.25, 0.3) is 0 Å². The smallest absolute Gasteiger partial charge is 0.335 e. The van der Waals surface area contributed by atoms with Crippen molar-refractivity contribution in [1.29, 1.82) is 0 Å². The molecule has 1 aromatic rings. The first-order valence-corrected chi connectivity index (χ1v) is 6.76. The highest BCUT2D eigenvalue weighted by molar-refractivity contribution is 6.33. The average molecular weight is 285 g/mol. The Morgan fingerprint density at radius 2 is 2.00 bits per heavy atom. The van der Waals surface area contributed by atoms with Crippen molar-refractivity contribution < 1.29 is 9.90 Å². The van der Waals surface area contributed by atoms with E-state index in [0.29, 0.717) is 5.02 Å². The summed E-state index contributed by atoms with van der Waals surface area (Å²) < 4.78 is 0. The molecule has 0 aliphatic rings. The molecule has 0 saturated heterocycles. The topological polar surface area (TPSA) is 43.8 Å². The molecule has 4 nitrogen and oxygen atoms in total. The lowest BCUT2D eigenvalue weighted by atomic mass is 10.2. The number of carboxylic acid groups (broad SMARTS) is 1. The van der Waals surface area contributed by atoms with E-state index in [0.717, 1.165) is 31.7 Å². The van der Waals surface area contributed by atoms with Crippen molar-refractivity contribution >= 4 is 23.3 Å². The summed E-state index contributed by atoms with van der Waals surface area (Å²) in [6.45, 7) is 4.83. The van der Waals surface area contributed by atoms with E-state index in [1.54, 1.807) is 12.1 Å². The first-order chi connectivity index (χ1) is 8.95. The maximum absolute atomic E-state index is 10.9. The van der Waals surface area contributed by atoms with Crippen molar-refractivity contribution in [3.05, 3.63) is 28.8 Å². The summed E-state index contributed by atoms with van der Waals surface area (Å²) in [5.41, 5.74) is 1.12. The number of anilines is 1. The normalized spacial score (nSPS) is 10.8. The quantitative estimate of drug-likeness (QED) is 0.836. The van der Waals surface area contributed by atoms with Crippen molar-refractivity contribution in [2.45, 2.75) is 13.3 Å². The lowest BCUT2D eigenvalue weighted by Gasteiger charge is -2.25. The molecule has 106 valence electrons. The van der Waals surface area contributed by atoms with Gasteiger partial charge in [-0.25, -0.2) is 4.79 Å². The molecule has 0 unspecified atom stereocenters. The number of benzene rings is 1. The minimum absolute atomic E-state index is 0.220. The Balaban J connectivity index is 2.78. The van der Waals surface area contributed by atoms with Crippen LogP contribution >= 0.6 is 11.6 Å². The third kappa shape index (κ3) is 4.73. The number of hydrogen-bond acceptors (Lipinski definition) is 3. The predicted molar refractivity (Wildman–Crippen MR) is 79.5 cm³/mol. The fourth-order valence-electron chi connectivity index (χ4n) is 1.92. The highest BCUT2D eigenvalue weighted by Crippen LogP contribution is 2.27. The molecule has 0 amide bonds. The third-order valence-electron chi connectivity index (χ3n) is 2.95. The van der Waals surface area contributed by atoms with Crippen molar-refractivity contribution in [3.63, 3.8) is 0 Å². The van der Waals surface area contributed by atoms with Crippen LogP contribution in [-0.4, -0.2) is 49.7 Å². The number of nitrogens with zero attached hydrogens (tertiary/aromatic N) is 2. The van der Waals surface area contributed by atoms with Gasteiger partial charge >= 0.3 is 5.97 Å². The number of carboxylic acids is 1. The zero-order valence-electron chi connectivity index (χ0n) is 11.7. The van der Waals surface area contributed by atoms with Gasteiger partial charge in [0, 0.05) is 13.1 Å². The SMILES string of the molecule is CCN(CCCN(C)C)c1ccc(C(=O)O)cc1Cl. The molecule has 0 saturated carbocycles. The van der Waals surface area contributed by atoms with E-state index in [1.165, 1.54) is 6.07 Å². The van der Waals surface area contributed by atoms with Crippen LogP contribution in [-0.2, 0) is 0 Å². The summed E-state index contributed by atoms with van der Waals surface area (Å²) in [7, 11) is 4.09. The van der Waals surface area contributed by atoms with Gasteiger partial charge in [-0.1, -0.05) is 11.6 Å². The highest BCUT2D eigenvalue weighted by Gasteiger charge is 2.11. The molecule has 0 heterocycles. The monoisotopic (exact) mass is 284 g/mol. The minimum atomic E-state index is -0.955. The van der Waals surface area contributed by atoms with Gasteiger partial charge in [-0.2, -0.15) is 0 Å². The van der Waals surface area contributed by atoms with E-state index in [9.17, 15) is 4.79 Å². The van der Waals surface area contributed by atoms with Crippen LogP contribution in [0.3, 0.4) is 0 Å². The molecular weight excluding hydrogens is 264 g/mol. The van der Waals surface area contributed by atoms with E-state index >= 15 is 0 Å². The molecule has 0 spiro atoms. The molecule has 0 aromatic heterocycles. The van der Waals surface area contributed by atoms with Crippen molar-refractivity contribution in [3.8, 4) is 0 Å². The zero-order valence-corrected chi connectivity index (χ0v) is 12.4. The zero-order chi connectivity index (χ0) is 14.4. The standard InChI is InChI=1S/C14H21ClN2O2/c1-4-17(9-5-8-16(2)3)13-7-6-11(14(18)19)10-12(13)15/h6-7,10H,4-5,8-9H2,1-3H3,(H,18,19). The summed E-state index contributed by atoms with van der Waals surface area (Å²) in [6, 6.07) is 4.89. The Bertz CT molecular complexity index is 435. The fourth-order valence-corrected chi connectivity index (χ4v) is 2.22. The molecular formula is C14H21ClN2O2. The van der Waals surface area contributed by atoms with Gasteiger partial charge in [0.15, 0.2) is 0 Å². The molecule has 0 bridgehead atoms. The molecule has 0 radical (unpaired) electrons. The summed E-state index contributed by atoms with van der Waals surface area (Å²) >= 11 is 6.17. The number of halogens is 1. The first-order valence-electron chi connectivity index (χ1n) is 6.38. The second-order valence-corrected chi connectivity index (χ2v) is 5.12. The molecule has 19 heavy (non-hydrogen) atoms. The van der Waals surface area contributed by atoms with Crippen LogP contribution in [0.2, 0.25) is 5.02 Å². The van der Waals surface area contributed by atoms with Crippen molar-refractivity contribution in [1.82, 2.24) is 4.90 Å². The number of hydrogen-bond donors (Lipinski definition) is 1. The molecule has 1 aromatic carbocycles. The van der Waals surface area contributed by atoms with Crippen LogP contribution < -0.4 is 4.90 Å². The molecule has 0 atom stereocenters. The van der Waals surface area contributed by atoms with Crippen LogP contribution in [0.1, 0.15) is 23.7 Å². The lowest BCUT2D eigenvalue weighted by molar-refractivity contribution is 0.0697. The van der Waals surface area contributed by atoms with E-state index in [1.807, 2.05) is 14.1 Å². The van der Waals surface area contributed by atoms with E-state index < -0.39 is 5.97 Å². The Morgan fingerprint density at radius 3 is 2.47 bits per heavy atom.